The van der Waals surface area contributed by atoms with Crippen molar-refractivity contribution in [3.63, 3.8) is 0 Å². The van der Waals surface area contributed by atoms with Crippen molar-refractivity contribution in [1.82, 2.24) is 4.98 Å². The van der Waals surface area contributed by atoms with E-state index in [1.165, 1.54) is 4.90 Å². The molecule has 0 saturated carbocycles. The third kappa shape index (κ3) is 3.41. The van der Waals surface area contributed by atoms with Gasteiger partial charge in [0.2, 0.25) is 0 Å². The molecule has 4 nitrogen and oxygen atoms in total. The largest absolute Gasteiger partial charge is 0.506 e. The first kappa shape index (κ1) is 16.2. The van der Waals surface area contributed by atoms with Crippen molar-refractivity contribution in [2.45, 2.75) is 6.54 Å². The fourth-order valence-corrected chi connectivity index (χ4v) is 3.71. The highest BCUT2D eigenvalue weighted by Crippen LogP contribution is 2.26. The number of aromatic nitrogens is 1. The van der Waals surface area contributed by atoms with Gasteiger partial charge < -0.3 is 14.9 Å². The third-order valence-corrected chi connectivity index (χ3v) is 5.21. The minimum Gasteiger partial charge on any atom is -0.506 e. The Morgan fingerprint density at radius 2 is 1.76 bits per heavy atom. The number of fused-ring (bicyclic) bond motifs is 1. The normalized spacial score (nSPS) is 15.6. The fraction of sp³-hybridized carbons (Fsp3) is 0.250. The van der Waals surface area contributed by atoms with Gasteiger partial charge in [-0.05, 0) is 24.3 Å². The minimum absolute atomic E-state index is 0.354. The van der Waals surface area contributed by atoms with Crippen LogP contribution in [0.1, 0.15) is 5.56 Å². The molecule has 1 aliphatic heterocycles. The average Bonchev–Trinajstić information content (AvgIpc) is 2.63. The molecule has 4 rings (SSSR count). The molecule has 1 saturated heterocycles. The van der Waals surface area contributed by atoms with Crippen molar-refractivity contribution in [3.05, 3.63) is 65.3 Å². The van der Waals surface area contributed by atoms with Crippen molar-refractivity contribution in [2.24, 2.45) is 0 Å². The van der Waals surface area contributed by atoms with Crippen LogP contribution >= 0.6 is 11.6 Å². The van der Waals surface area contributed by atoms with Gasteiger partial charge in [0.1, 0.15) is 17.4 Å². The van der Waals surface area contributed by atoms with E-state index >= 15 is 0 Å². The number of halogens is 1. The van der Waals surface area contributed by atoms with Crippen molar-refractivity contribution in [2.75, 3.05) is 31.1 Å². The van der Waals surface area contributed by atoms with Crippen LogP contribution in [0.15, 0.2) is 54.6 Å². The predicted octanol–water partition coefficient (Wildman–Crippen LogP) is 2.50. The van der Waals surface area contributed by atoms with E-state index in [0.717, 1.165) is 54.9 Å². The summed E-state index contributed by atoms with van der Waals surface area (Å²) in [6, 6.07) is 17.8. The van der Waals surface area contributed by atoms with Crippen LogP contribution in [0.2, 0.25) is 5.15 Å². The van der Waals surface area contributed by atoms with E-state index in [2.05, 4.69) is 22.0 Å². The smallest absolute Gasteiger partial charge is 0.138 e. The molecule has 0 aliphatic carbocycles. The number of rotatable bonds is 3. The lowest BCUT2D eigenvalue weighted by Gasteiger charge is -2.34. The molecule has 0 unspecified atom stereocenters. The molecule has 1 fully saturated rings. The second-order valence-corrected chi connectivity index (χ2v) is 6.89. The van der Waals surface area contributed by atoms with Crippen molar-refractivity contribution >= 4 is 28.2 Å². The SMILES string of the molecule is Oc1ccccc1N1CC[NH+](Cc2cc3ccccc3nc2Cl)CC1. The molecule has 2 aromatic carbocycles. The van der Waals surface area contributed by atoms with Crippen LogP contribution in [0.4, 0.5) is 5.69 Å². The predicted molar refractivity (Wildman–Crippen MR) is 101 cm³/mol. The molecule has 128 valence electrons. The Morgan fingerprint density at radius 3 is 2.56 bits per heavy atom. The minimum atomic E-state index is 0.354. The lowest BCUT2D eigenvalue weighted by Crippen LogP contribution is -3.13. The van der Waals surface area contributed by atoms with E-state index in [0.29, 0.717) is 10.9 Å². The Morgan fingerprint density at radius 1 is 1.04 bits per heavy atom. The maximum atomic E-state index is 10.0. The summed E-state index contributed by atoms with van der Waals surface area (Å²) < 4.78 is 0. The first-order valence-corrected chi connectivity index (χ1v) is 8.99. The topological polar surface area (TPSA) is 40.8 Å². The highest BCUT2D eigenvalue weighted by Gasteiger charge is 2.22. The lowest BCUT2D eigenvalue weighted by atomic mass is 10.1. The summed E-state index contributed by atoms with van der Waals surface area (Å²) >= 11 is 6.40. The number of pyridine rings is 1. The van der Waals surface area contributed by atoms with Crippen LogP contribution < -0.4 is 9.80 Å². The Hall–Kier alpha value is -2.30. The molecule has 0 amide bonds. The number of phenols is 1. The summed E-state index contributed by atoms with van der Waals surface area (Å²) in [6.07, 6.45) is 0. The van der Waals surface area contributed by atoms with E-state index < -0.39 is 0 Å². The molecule has 0 spiro atoms. The number of hydrogen-bond donors (Lipinski definition) is 2. The Bertz CT molecular complexity index is 891. The van der Waals surface area contributed by atoms with E-state index in [-0.39, 0.29) is 0 Å². The number of quaternary nitrogens is 1. The van der Waals surface area contributed by atoms with Gasteiger partial charge in [-0.25, -0.2) is 4.98 Å². The average molecular weight is 355 g/mol. The van der Waals surface area contributed by atoms with Crippen molar-refractivity contribution in [3.8, 4) is 5.75 Å². The van der Waals surface area contributed by atoms with E-state index in [4.69, 9.17) is 11.6 Å². The van der Waals surface area contributed by atoms with Crippen molar-refractivity contribution in [1.29, 1.82) is 0 Å². The number of piperazine rings is 1. The number of nitrogens with one attached hydrogen (secondary N) is 1. The molecule has 1 aliphatic rings. The Balaban J connectivity index is 1.45. The third-order valence-electron chi connectivity index (χ3n) is 4.88. The first-order chi connectivity index (χ1) is 12.2. The van der Waals surface area contributed by atoms with Crippen molar-refractivity contribution < 1.29 is 10.0 Å². The summed E-state index contributed by atoms with van der Waals surface area (Å²) in [5, 5.41) is 11.8. The van der Waals surface area contributed by atoms with Gasteiger partial charge in [0.25, 0.3) is 0 Å². The molecule has 25 heavy (non-hydrogen) atoms. The second-order valence-electron chi connectivity index (χ2n) is 6.53. The number of aromatic hydroxyl groups is 1. The standard InChI is InChI=1S/C20H20ClN3O/c21-20-16(13-15-5-1-2-6-17(15)22-20)14-23-9-11-24(12-10-23)18-7-3-4-8-19(18)25/h1-8,13,25H,9-12,14H2/p+1. The summed E-state index contributed by atoms with van der Waals surface area (Å²) in [5.74, 6) is 0.354. The highest BCUT2D eigenvalue weighted by atomic mass is 35.5. The summed E-state index contributed by atoms with van der Waals surface area (Å²) in [5.41, 5.74) is 2.97. The molecular formula is C20H21ClN3O+. The van der Waals surface area contributed by atoms with Gasteiger partial charge in [0.05, 0.1) is 37.4 Å². The molecule has 3 aromatic rings. The number of benzene rings is 2. The molecular weight excluding hydrogens is 334 g/mol. The van der Waals surface area contributed by atoms with Gasteiger partial charge in [0.15, 0.2) is 0 Å². The molecule has 1 aromatic heterocycles. The van der Waals surface area contributed by atoms with Crippen LogP contribution in [0.25, 0.3) is 10.9 Å². The van der Waals surface area contributed by atoms with Gasteiger partial charge in [0, 0.05) is 10.9 Å². The zero-order valence-corrected chi connectivity index (χ0v) is 14.7. The number of nitrogens with zero attached hydrogens (tertiary/aromatic N) is 2. The monoisotopic (exact) mass is 354 g/mol. The fourth-order valence-electron chi connectivity index (χ4n) is 3.50. The molecule has 0 bridgehead atoms. The zero-order valence-electron chi connectivity index (χ0n) is 14.0. The zero-order chi connectivity index (χ0) is 17.2. The van der Waals surface area contributed by atoms with Crippen LogP contribution in [0.3, 0.4) is 0 Å². The van der Waals surface area contributed by atoms with Gasteiger partial charge in [-0.3, -0.25) is 0 Å². The maximum Gasteiger partial charge on any atom is 0.138 e. The number of phenolic OH excluding ortho intramolecular Hbond substituents is 1. The summed E-state index contributed by atoms with van der Waals surface area (Å²) in [6.45, 7) is 4.75. The van der Waals surface area contributed by atoms with Crippen LogP contribution in [-0.4, -0.2) is 36.3 Å². The quantitative estimate of drug-likeness (QED) is 0.710. The first-order valence-electron chi connectivity index (χ1n) is 8.61. The van der Waals surface area contributed by atoms with Gasteiger partial charge in [-0.1, -0.05) is 41.9 Å². The van der Waals surface area contributed by atoms with E-state index in [9.17, 15) is 5.11 Å². The van der Waals surface area contributed by atoms with Gasteiger partial charge >= 0.3 is 0 Å². The number of hydrogen-bond acceptors (Lipinski definition) is 3. The second kappa shape index (κ2) is 6.90. The summed E-state index contributed by atoms with van der Waals surface area (Å²) in [4.78, 5) is 8.26. The van der Waals surface area contributed by atoms with Crippen LogP contribution in [0, 0.1) is 0 Å². The molecule has 5 heteroatoms. The van der Waals surface area contributed by atoms with E-state index in [1.54, 1.807) is 6.07 Å². The lowest BCUT2D eigenvalue weighted by molar-refractivity contribution is -0.914. The number of anilines is 1. The van der Waals surface area contributed by atoms with E-state index in [1.807, 2.05) is 36.4 Å². The maximum absolute atomic E-state index is 10.0. The molecule has 0 radical (unpaired) electrons. The Kier molecular flexibility index (Phi) is 4.47. The Labute approximate surface area is 152 Å². The van der Waals surface area contributed by atoms with Gasteiger partial charge in [-0.2, -0.15) is 0 Å². The molecule has 0 atom stereocenters. The van der Waals surface area contributed by atoms with Crippen LogP contribution in [0.5, 0.6) is 5.75 Å². The molecule has 2 N–H and O–H groups in total. The van der Waals surface area contributed by atoms with Gasteiger partial charge in [-0.15, -0.1) is 0 Å². The van der Waals surface area contributed by atoms with Crippen LogP contribution in [-0.2, 0) is 6.54 Å². The summed E-state index contributed by atoms with van der Waals surface area (Å²) in [7, 11) is 0. The molecule has 2 heterocycles. The highest BCUT2D eigenvalue weighted by molar-refractivity contribution is 6.30. The number of para-hydroxylation sites is 3.